The molecule has 0 fully saturated rings. The van der Waals surface area contributed by atoms with Crippen LogP contribution in [0, 0.1) is 0 Å². The number of aromatic nitrogens is 4. The summed E-state index contributed by atoms with van der Waals surface area (Å²) >= 11 is 1.63. The Morgan fingerprint density at radius 3 is 3.11 bits per heavy atom. The first-order chi connectivity index (χ1) is 8.74. The van der Waals surface area contributed by atoms with Gasteiger partial charge in [-0.3, -0.25) is 0 Å². The topological polar surface area (TPSA) is 89.7 Å². The van der Waals surface area contributed by atoms with Gasteiger partial charge in [-0.2, -0.15) is 21.3 Å². The van der Waals surface area contributed by atoms with E-state index in [1.807, 2.05) is 23.8 Å². The standard InChI is InChI=1S/C11H11N5OS/c1-6(7-2-3-18-4-7)17-10-8-9(14-5-13-8)15-11(12)16-10/h2-6H,1H3,(H3,12,13,14,15,16). The second-order valence-electron chi connectivity index (χ2n) is 3.80. The van der Waals surface area contributed by atoms with E-state index >= 15 is 0 Å². The number of thiophene rings is 1. The molecule has 1 atom stereocenters. The monoisotopic (exact) mass is 261 g/mol. The molecule has 0 aromatic carbocycles. The molecule has 0 aliphatic carbocycles. The van der Waals surface area contributed by atoms with Gasteiger partial charge in [-0.15, -0.1) is 0 Å². The Bertz CT molecular complexity index is 663. The maximum Gasteiger partial charge on any atom is 0.245 e. The van der Waals surface area contributed by atoms with Gasteiger partial charge in [0.2, 0.25) is 11.8 Å². The van der Waals surface area contributed by atoms with Crippen LogP contribution < -0.4 is 10.5 Å². The van der Waals surface area contributed by atoms with Crippen LogP contribution in [0.15, 0.2) is 23.2 Å². The van der Waals surface area contributed by atoms with Crippen LogP contribution in [0.25, 0.3) is 11.2 Å². The van der Waals surface area contributed by atoms with Gasteiger partial charge >= 0.3 is 0 Å². The van der Waals surface area contributed by atoms with Crippen molar-refractivity contribution in [2.24, 2.45) is 0 Å². The molecule has 0 bridgehead atoms. The predicted octanol–water partition coefficient (Wildman–Crippen LogP) is 2.14. The first kappa shape index (κ1) is 11.0. The Morgan fingerprint density at radius 1 is 1.44 bits per heavy atom. The molecule has 3 rings (SSSR count). The van der Waals surface area contributed by atoms with Gasteiger partial charge in [-0.05, 0) is 23.8 Å². The summed E-state index contributed by atoms with van der Waals surface area (Å²) < 4.78 is 5.82. The average molecular weight is 261 g/mol. The number of hydrogen-bond acceptors (Lipinski definition) is 6. The zero-order valence-electron chi connectivity index (χ0n) is 9.62. The summed E-state index contributed by atoms with van der Waals surface area (Å²) in [6.45, 7) is 1.96. The van der Waals surface area contributed by atoms with Crippen molar-refractivity contribution >= 4 is 28.4 Å². The van der Waals surface area contributed by atoms with Crippen molar-refractivity contribution in [3.63, 3.8) is 0 Å². The molecule has 0 saturated carbocycles. The summed E-state index contributed by atoms with van der Waals surface area (Å²) in [5.41, 5.74) is 7.89. The lowest BCUT2D eigenvalue weighted by Gasteiger charge is -2.12. The van der Waals surface area contributed by atoms with Crippen molar-refractivity contribution in [1.82, 2.24) is 19.9 Å². The smallest absolute Gasteiger partial charge is 0.245 e. The van der Waals surface area contributed by atoms with Gasteiger partial charge in [0.1, 0.15) is 11.6 Å². The molecule has 0 saturated heterocycles. The number of ether oxygens (including phenoxy) is 1. The molecule has 0 aliphatic heterocycles. The second kappa shape index (κ2) is 4.26. The number of nitrogens with two attached hydrogens (primary N) is 1. The summed E-state index contributed by atoms with van der Waals surface area (Å²) in [6, 6.07) is 2.02. The van der Waals surface area contributed by atoms with Crippen molar-refractivity contribution < 1.29 is 4.74 Å². The third-order valence-corrected chi connectivity index (χ3v) is 3.27. The van der Waals surface area contributed by atoms with Crippen LogP contribution in [0.2, 0.25) is 0 Å². The fourth-order valence-electron chi connectivity index (χ4n) is 1.65. The molecule has 0 amide bonds. The zero-order valence-corrected chi connectivity index (χ0v) is 10.4. The molecule has 3 N–H and O–H groups in total. The first-order valence-corrected chi connectivity index (χ1v) is 6.33. The van der Waals surface area contributed by atoms with E-state index in [2.05, 4.69) is 19.9 Å². The molecular formula is C11H11N5OS. The third-order valence-electron chi connectivity index (χ3n) is 2.57. The van der Waals surface area contributed by atoms with E-state index in [1.54, 1.807) is 17.7 Å². The van der Waals surface area contributed by atoms with Crippen LogP contribution in [-0.2, 0) is 0 Å². The largest absolute Gasteiger partial charge is 0.468 e. The second-order valence-corrected chi connectivity index (χ2v) is 4.58. The van der Waals surface area contributed by atoms with Crippen LogP contribution in [0.5, 0.6) is 5.88 Å². The Morgan fingerprint density at radius 2 is 2.33 bits per heavy atom. The molecule has 3 aromatic heterocycles. The molecular weight excluding hydrogens is 250 g/mol. The summed E-state index contributed by atoms with van der Waals surface area (Å²) in [5, 5.41) is 4.05. The average Bonchev–Trinajstić information content (AvgIpc) is 2.98. The Balaban J connectivity index is 1.97. The Kier molecular flexibility index (Phi) is 2.60. The van der Waals surface area contributed by atoms with E-state index in [4.69, 9.17) is 10.5 Å². The van der Waals surface area contributed by atoms with Crippen molar-refractivity contribution in [2.75, 3.05) is 5.73 Å². The highest BCUT2D eigenvalue weighted by Gasteiger charge is 2.14. The van der Waals surface area contributed by atoms with Crippen molar-refractivity contribution in [2.45, 2.75) is 13.0 Å². The molecule has 0 aliphatic rings. The minimum absolute atomic E-state index is 0.1000. The van der Waals surface area contributed by atoms with Gasteiger partial charge in [-0.1, -0.05) is 0 Å². The number of nitrogens with zero attached hydrogens (tertiary/aromatic N) is 3. The summed E-state index contributed by atoms with van der Waals surface area (Å²) in [4.78, 5) is 15.1. The van der Waals surface area contributed by atoms with Crippen LogP contribution in [0.1, 0.15) is 18.6 Å². The number of rotatable bonds is 3. The molecule has 3 heterocycles. The Hall–Kier alpha value is -2.15. The zero-order chi connectivity index (χ0) is 12.5. The van der Waals surface area contributed by atoms with Crippen molar-refractivity contribution in [3.8, 4) is 5.88 Å². The van der Waals surface area contributed by atoms with E-state index < -0.39 is 0 Å². The number of anilines is 1. The van der Waals surface area contributed by atoms with Gasteiger partial charge < -0.3 is 15.5 Å². The van der Waals surface area contributed by atoms with Crippen molar-refractivity contribution in [1.29, 1.82) is 0 Å². The quantitative estimate of drug-likeness (QED) is 0.753. The molecule has 92 valence electrons. The lowest BCUT2D eigenvalue weighted by atomic mass is 10.2. The van der Waals surface area contributed by atoms with E-state index in [0.29, 0.717) is 17.0 Å². The van der Waals surface area contributed by atoms with Gasteiger partial charge in [0.05, 0.1) is 6.33 Å². The maximum atomic E-state index is 5.82. The number of imidazole rings is 1. The summed E-state index contributed by atoms with van der Waals surface area (Å²) in [7, 11) is 0. The molecule has 7 heteroatoms. The number of hydrogen-bond donors (Lipinski definition) is 2. The van der Waals surface area contributed by atoms with Gasteiger partial charge in [0.25, 0.3) is 0 Å². The summed E-state index contributed by atoms with van der Waals surface area (Å²) in [6.07, 6.45) is 1.44. The first-order valence-electron chi connectivity index (χ1n) is 5.39. The predicted molar refractivity (Wildman–Crippen MR) is 69.5 cm³/mol. The lowest BCUT2D eigenvalue weighted by molar-refractivity contribution is 0.221. The van der Waals surface area contributed by atoms with Crippen LogP contribution >= 0.6 is 11.3 Å². The SMILES string of the molecule is CC(Oc1nc(N)nc2nc[nH]c12)c1ccsc1. The minimum atomic E-state index is -0.1000. The highest BCUT2D eigenvalue weighted by atomic mass is 32.1. The van der Waals surface area contributed by atoms with Crippen molar-refractivity contribution in [3.05, 3.63) is 28.7 Å². The third kappa shape index (κ3) is 1.88. The lowest BCUT2D eigenvalue weighted by Crippen LogP contribution is -2.06. The molecule has 6 nitrogen and oxygen atoms in total. The molecule has 18 heavy (non-hydrogen) atoms. The molecule has 0 radical (unpaired) electrons. The number of nitrogen functional groups attached to an aromatic ring is 1. The van der Waals surface area contributed by atoms with E-state index in [0.717, 1.165) is 5.56 Å². The van der Waals surface area contributed by atoms with E-state index in [9.17, 15) is 0 Å². The number of nitrogens with one attached hydrogen (secondary N) is 1. The van der Waals surface area contributed by atoms with Crippen LogP contribution in [0.4, 0.5) is 5.95 Å². The van der Waals surface area contributed by atoms with Crippen LogP contribution in [-0.4, -0.2) is 19.9 Å². The minimum Gasteiger partial charge on any atom is -0.468 e. The molecule has 3 aromatic rings. The van der Waals surface area contributed by atoms with Gasteiger partial charge in [0, 0.05) is 5.56 Å². The van der Waals surface area contributed by atoms with Gasteiger partial charge in [-0.25, -0.2) is 4.98 Å². The number of aromatic amines is 1. The molecule has 0 spiro atoms. The van der Waals surface area contributed by atoms with Gasteiger partial charge in [0.15, 0.2) is 5.65 Å². The summed E-state index contributed by atoms with van der Waals surface area (Å²) in [5.74, 6) is 0.579. The van der Waals surface area contributed by atoms with Crippen LogP contribution in [0.3, 0.4) is 0 Å². The Labute approximate surface area is 107 Å². The van der Waals surface area contributed by atoms with E-state index in [-0.39, 0.29) is 12.1 Å². The van der Waals surface area contributed by atoms with E-state index in [1.165, 1.54) is 0 Å². The number of H-pyrrole nitrogens is 1. The highest BCUT2D eigenvalue weighted by Crippen LogP contribution is 2.26. The molecule has 1 unspecified atom stereocenters. The maximum absolute atomic E-state index is 5.82. The number of fused-ring (bicyclic) bond motifs is 1. The fraction of sp³-hybridized carbons (Fsp3) is 0.182. The normalized spacial score (nSPS) is 12.7. The highest BCUT2D eigenvalue weighted by molar-refractivity contribution is 7.07. The fourth-order valence-corrected chi connectivity index (χ4v) is 2.39.